The van der Waals surface area contributed by atoms with Gasteiger partial charge in [0.2, 0.25) is 11.8 Å². The summed E-state index contributed by atoms with van der Waals surface area (Å²) in [6, 6.07) is 37.0. The fourth-order valence-corrected chi connectivity index (χ4v) is 8.26. The number of ketones is 1. The van der Waals surface area contributed by atoms with Gasteiger partial charge in [0, 0.05) is 44.4 Å². The Balaban J connectivity index is 1.14. The third-order valence-corrected chi connectivity index (χ3v) is 11.9. The van der Waals surface area contributed by atoms with Crippen LogP contribution in [0, 0.1) is 0 Å². The SMILES string of the molecule is CNC(=O)/C=C/C(=O)O[C@@H]1C[C@@H](COC(c2ccccc2)(c2ccc(OC)cc2)c2ccc(OC)cc2)N(C(=O)CCCCCCC(=O)[C@@H](C)c2ccc3cc(OC)ccc3c2)C1. The van der Waals surface area contributed by atoms with E-state index < -0.39 is 29.6 Å². The lowest BCUT2D eigenvalue weighted by Crippen LogP contribution is -2.42. The van der Waals surface area contributed by atoms with Crippen LogP contribution in [-0.2, 0) is 34.3 Å². The van der Waals surface area contributed by atoms with Gasteiger partial charge in [0.25, 0.3) is 0 Å². The molecule has 11 heteroatoms. The molecule has 1 N–H and O–H groups in total. The monoisotopic (exact) mass is 854 g/mol. The number of hydrogen-bond donors (Lipinski definition) is 1. The molecule has 11 nitrogen and oxygen atoms in total. The number of hydrogen-bond acceptors (Lipinski definition) is 9. The van der Waals surface area contributed by atoms with Gasteiger partial charge in [0.1, 0.15) is 34.7 Å². The lowest BCUT2D eigenvalue weighted by atomic mass is 9.80. The molecule has 6 rings (SSSR count). The third-order valence-electron chi connectivity index (χ3n) is 11.9. The van der Waals surface area contributed by atoms with Gasteiger partial charge in [-0.15, -0.1) is 0 Å². The predicted octanol–water partition coefficient (Wildman–Crippen LogP) is 8.70. The van der Waals surface area contributed by atoms with Gasteiger partial charge in [0.05, 0.1) is 40.5 Å². The minimum atomic E-state index is -1.11. The van der Waals surface area contributed by atoms with Gasteiger partial charge in [-0.1, -0.05) is 98.6 Å². The highest BCUT2D eigenvalue weighted by Crippen LogP contribution is 2.42. The Morgan fingerprint density at radius 1 is 0.698 bits per heavy atom. The molecule has 1 fully saturated rings. The highest BCUT2D eigenvalue weighted by Gasteiger charge is 2.42. The molecule has 2 amide bonds. The molecule has 1 saturated heterocycles. The van der Waals surface area contributed by atoms with Crippen molar-refractivity contribution in [2.45, 2.75) is 75.5 Å². The predicted molar refractivity (Wildman–Crippen MR) is 243 cm³/mol. The molecule has 0 spiro atoms. The van der Waals surface area contributed by atoms with Crippen molar-refractivity contribution in [2.75, 3.05) is 41.5 Å². The molecule has 0 saturated carbocycles. The molecule has 1 heterocycles. The number of Topliss-reactive ketones (excluding diaryl/α,β-unsaturated/α-hetero) is 1. The Bertz CT molecular complexity index is 2300. The van der Waals surface area contributed by atoms with Gasteiger partial charge in [0.15, 0.2) is 0 Å². The van der Waals surface area contributed by atoms with Crippen LogP contribution in [0.4, 0.5) is 0 Å². The van der Waals surface area contributed by atoms with Crippen molar-refractivity contribution in [1.82, 2.24) is 10.2 Å². The first-order valence-corrected chi connectivity index (χ1v) is 21.6. The number of methoxy groups -OCH3 is 3. The van der Waals surface area contributed by atoms with E-state index in [1.807, 2.05) is 116 Å². The normalized spacial score (nSPS) is 15.5. The Morgan fingerprint density at radius 2 is 1.27 bits per heavy atom. The second-order valence-electron chi connectivity index (χ2n) is 15.8. The highest BCUT2D eigenvalue weighted by atomic mass is 16.5. The number of fused-ring (bicyclic) bond motifs is 1. The molecule has 1 aliphatic rings. The number of nitrogens with zero attached hydrogens (tertiary/aromatic N) is 1. The number of carbonyl (C=O) groups is 4. The smallest absolute Gasteiger partial charge is 0.331 e. The summed E-state index contributed by atoms with van der Waals surface area (Å²) >= 11 is 0. The Hall–Kier alpha value is -6.46. The molecule has 0 bridgehead atoms. The van der Waals surface area contributed by atoms with Gasteiger partial charge in [-0.25, -0.2) is 4.79 Å². The van der Waals surface area contributed by atoms with E-state index >= 15 is 0 Å². The van der Waals surface area contributed by atoms with Gasteiger partial charge < -0.3 is 33.9 Å². The second-order valence-corrected chi connectivity index (χ2v) is 15.8. The summed E-state index contributed by atoms with van der Waals surface area (Å²) in [4.78, 5) is 53.7. The van der Waals surface area contributed by atoms with Crippen LogP contribution in [0.25, 0.3) is 10.8 Å². The van der Waals surface area contributed by atoms with Crippen LogP contribution in [0.5, 0.6) is 17.2 Å². The quantitative estimate of drug-likeness (QED) is 0.0334. The molecule has 5 aromatic rings. The van der Waals surface area contributed by atoms with Crippen LogP contribution in [0.15, 0.2) is 127 Å². The van der Waals surface area contributed by atoms with Gasteiger partial charge in [-0.3, -0.25) is 14.4 Å². The maximum absolute atomic E-state index is 14.1. The number of likely N-dealkylation sites (tertiary alicyclic amines) is 1. The van der Waals surface area contributed by atoms with Crippen molar-refractivity contribution in [2.24, 2.45) is 0 Å². The van der Waals surface area contributed by atoms with Crippen LogP contribution in [-0.4, -0.2) is 82.1 Å². The summed E-state index contributed by atoms with van der Waals surface area (Å²) in [5.74, 6) is 0.999. The van der Waals surface area contributed by atoms with E-state index in [1.165, 1.54) is 7.05 Å². The van der Waals surface area contributed by atoms with Gasteiger partial charge in [-0.05, 0) is 82.3 Å². The van der Waals surface area contributed by atoms with Gasteiger partial charge in [-0.2, -0.15) is 0 Å². The summed E-state index contributed by atoms with van der Waals surface area (Å²) in [7, 11) is 6.37. The van der Waals surface area contributed by atoms with Gasteiger partial charge >= 0.3 is 5.97 Å². The van der Waals surface area contributed by atoms with Crippen LogP contribution in [0.2, 0.25) is 0 Å². The van der Waals surface area contributed by atoms with E-state index in [1.54, 1.807) is 26.2 Å². The summed E-state index contributed by atoms with van der Waals surface area (Å²) < 4.78 is 29.3. The molecule has 1 aliphatic heterocycles. The van der Waals surface area contributed by atoms with E-state index in [2.05, 4.69) is 11.4 Å². The van der Waals surface area contributed by atoms with E-state index in [-0.39, 0.29) is 30.8 Å². The zero-order chi connectivity index (χ0) is 44.8. The fourth-order valence-electron chi connectivity index (χ4n) is 8.26. The van der Waals surface area contributed by atoms with Crippen LogP contribution in [0.1, 0.15) is 80.0 Å². The molecule has 0 aromatic heterocycles. The average molecular weight is 855 g/mol. The molecule has 5 aromatic carbocycles. The number of likely N-dealkylation sites (N-methyl/N-ethyl adjacent to an activating group) is 1. The van der Waals surface area contributed by atoms with Crippen LogP contribution in [0.3, 0.4) is 0 Å². The van der Waals surface area contributed by atoms with Crippen molar-refractivity contribution in [3.63, 3.8) is 0 Å². The van der Waals surface area contributed by atoms with Crippen molar-refractivity contribution in [1.29, 1.82) is 0 Å². The molecule has 0 aliphatic carbocycles. The zero-order valence-corrected chi connectivity index (χ0v) is 36.8. The topological polar surface area (TPSA) is 130 Å². The molecule has 3 atom stereocenters. The summed E-state index contributed by atoms with van der Waals surface area (Å²) in [6.45, 7) is 2.26. The Kier molecular flexibility index (Phi) is 16.1. The Morgan fingerprint density at radius 3 is 1.89 bits per heavy atom. The van der Waals surface area contributed by atoms with Crippen molar-refractivity contribution >= 4 is 34.3 Å². The number of amides is 2. The van der Waals surface area contributed by atoms with Crippen molar-refractivity contribution in [3.8, 4) is 17.2 Å². The number of carbonyl (C=O) groups excluding carboxylic acids is 4. The maximum Gasteiger partial charge on any atom is 0.331 e. The number of esters is 1. The lowest BCUT2D eigenvalue weighted by Gasteiger charge is -2.38. The molecule has 0 radical (unpaired) electrons. The van der Waals surface area contributed by atoms with Crippen LogP contribution >= 0.6 is 0 Å². The molecular formula is C52H58N2O9. The third kappa shape index (κ3) is 11.5. The standard InChI is InChI=1S/C52H58N2O9/c1-36(37-17-18-39-32-46(61-5)24-19-38(39)31-37)48(55)15-11-6-7-12-16-50(57)54-34-47(63-51(58)30-29-49(56)53-2)33-43(54)35-62-52(40-13-9-8-10-14-40,41-20-25-44(59-3)26-21-41)42-22-27-45(60-4)28-23-42/h8-10,13-14,17-32,36,43,47H,6-7,11-12,15-16,33-35H2,1-5H3,(H,53,56)/b30-29+/t36-,43-,47+/m0/s1. The number of unbranched alkanes of at least 4 members (excludes halogenated alkanes) is 3. The van der Waals surface area contributed by atoms with E-state index in [0.29, 0.717) is 37.2 Å². The van der Waals surface area contributed by atoms with Crippen LogP contribution < -0.4 is 19.5 Å². The number of nitrogens with one attached hydrogen (secondary N) is 1. The first-order valence-electron chi connectivity index (χ1n) is 21.6. The average Bonchev–Trinajstić information content (AvgIpc) is 3.74. The highest BCUT2D eigenvalue weighted by molar-refractivity contribution is 5.94. The number of benzene rings is 5. The zero-order valence-electron chi connectivity index (χ0n) is 36.8. The van der Waals surface area contributed by atoms with Crippen molar-refractivity contribution < 1.29 is 42.9 Å². The second kappa shape index (κ2) is 22.1. The Labute approximate surface area is 370 Å². The van der Waals surface area contributed by atoms with Crippen molar-refractivity contribution in [3.05, 3.63) is 150 Å². The summed E-state index contributed by atoms with van der Waals surface area (Å²) in [5.41, 5.74) is 2.46. The lowest BCUT2D eigenvalue weighted by molar-refractivity contribution is -0.143. The number of ether oxygens (including phenoxy) is 5. The minimum Gasteiger partial charge on any atom is -0.497 e. The minimum absolute atomic E-state index is 0.0686. The van der Waals surface area contributed by atoms with E-state index in [4.69, 9.17) is 23.7 Å². The summed E-state index contributed by atoms with van der Waals surface area (Å²) in [5, 5.41) is 4.58. The molecular weight excluding hydrogens is 797 g/mol. The molecule has 0 unspecified atom stereocenters. The maximum atomic E-state index is 14.1. The summed E-state index contributed by atoms with van der Waals surface area (Å²) in [6.07, 6.45) is 5.68. The van der Waals surface area contributed by atoms with E-state index in [9.17, 15) is 19.2 Å². The fraction of sp³-hybridized carbons (Fsp3) is 0.346. The first-order chi connectivity index (χ1) is 30.6. The molecule has 330 valence electrons. The first kappa shape index (κ1) is 46.1. The number of rotatable bonds is 21. The molecule has 63 heavy (non-hydrogen) atoms. The van der Waals surface area contributed by atoms with E-state index in [0.717, 1.165) is 70.2 Å². The largest absolute Gasteiger partial charge is 0.497 e.